The fourth-order valence-corrected chi connectivity index (χ4v) is 17.1. The summed E-state index contributed by atoms with van der Waals surface area (Å²) < 4.78 is 184. The molecule has 3 aliphatic rings. The Morgan fingerprint density at radius 2 is 0.696 bits per heavy atom. The summed E-state index contributed by atoms with van der Waals surface area (Å²) in [4.78, 5) is 50.7. The Morgan fingerprint density at radius 1 is 0.392 bits per heavy atom. The van der Waals surface area contributed by atoms with Gasteiger partial charge >= 0.3 is 30.7 Å². The van der Waals surface area contributed by atoms with Gasteiger partial charge in [0.1, 0.15) is 16.8 Å². The van der Waals surface area contributed by atoms with Gasteiger partial charge in [-0.15, -0.1) is 0 Å². The predicted molar refractivity (Wildman–Crippen MR) is 558 cm³/mol. The Morgan fingerprint density at radius 3 is 1.01 bits per heavy atom. The maximum absolute atomic E-state index is 14.7. The number of morpholine rings is 3. The minimum absolute atomic E-state index is 0. The lowest BCUT2D eigenvalue weighted by molar-refractivity contribution is -0.138. The van der Waals surface area contributed by atoms with E-state index >= 15 is 0 Å². The zero-order valence-electron chi connectivity index (χ0n) is 79.5. The van der Waals surface area contributed by atoms with Gasteiger partial charge in [0.2, 0.25) is 0 Å². The molecule has 0 unspecified atom stereocenters. The van der Waals surface area contributed by atoms with Crippen molar-refractivity contribution in [3.8, 4) is 39.8 Å². The number of carbonyl (C=O) groups is 1. The molecule has 10 heterocycles. The zero-order valence-corrected chi connectivity index (χ0v) is 80.3. The molecule has 0 bridgehead atoms. The highest BCUT2D eigenvalue weighted by Gasteiger charge is 2.40. The van der Waals surface area contributed by atoms with E-state index in [0.29, 0.717) is 165 Å². The number of aromatic carboxylic acids is 1. The van der Waals surface area contributed by atoms with Crippen molar-refractivity contribution in [3.63, 3.8) is 0 Å². The van der Waals surface area contributed by atoms with Crippen LogP contribution in [-0.4, -0.2) is 125 Å². The highest BCUT2D eigenvalue weighted by molar-refractivity contribution is 6.34. The maximum atomic E-state index is 14.7. The number of nitrogens with one attached hydrogen (secondary N) is 1. The molecule has 0 amide bonds. The number of rotatable bonds is 21. The number of benzene rings is 10. The van der Waals surface area contributed by atoms with Gasteiger partial charge in [0, 0.05) is 160 Å². The quantitative estimate of drug-likeness (QED) is 0.0345. The Hall–Kier alpha value is -15.9. The lowest BCUT2D eigenvalue weighted by atomic mass is 10.0. The number of aryl methyl sites for hydroxylation is 1. The van der Waals surface area contributed by atoms with Crippen molar-refractivity contribution in [2.75, 3.05) is 109 Å². The molecule has 762 valence electrons. The molecule has 0 spiro atoms. The Bertz CT molecular complexity index is 7160. The third kappa shape index (κ3) is 29.3. The summed E-state index contributed by atoms with van der Waals surface area (Å²) in [6.45, 7) is 12.4. The van der Waals surface area contributed by atoms with E-state index in [0.717, 1.165) is 88.7 Å². The average Bonchev–Trinajstić information content (AvgIpc) is 0.769. The zero-order chi connectivity index (χ0) is 103. The van der Waals surface area contributed by atoms with Crippen LogP contribution in [0.2, 0.25) is 5.15 Å². The van der Waals surface area contributed by atoms with E-state index in [9.17, 15) is 57.5 Å². The van der Waals surface area contributed by atoms with Crippen molar-refractivity contribution in [2.45, 2.75) is 78.3 Å². The van der Waals surface area contributed by atoms with Gasteiger partial charge in [0.15, 0.2) is 0 Å². The SMILES string of the molecule is C.C1COCCN1.Cc1ncccc1C(=O)O.FC(F)(F)c1cc(-c2cc3ncccc3c(Cl)n2)ccc1N(Cc1ccccc1)Cc1ccccc1.FC(F)(F)c1cc(-c2cc3ncccc3c(N3CCOCC3)n2)ccc1N(Cc1ccccc1)Cc1ccccc1.N#Cc1ccc(N(Cc2ccccc2)Cc2ccccc2)c(C(F)(F)F)c1.Nc1ccc(-c2cc3ncccc3c(N3CCOCC3)n2)cc1C(F)(F)F.[2HH]. The number of fused-ring (bicyclic) bond motifs is 3. The summed E-state index contributed by atoms with van der Waals surface area (Å²) in [7, 11) is 0. The standard InChI is InChI=1S/C33H29F3N4O.C29H21ClF3N3.C22H17F3N2.C19H17F3N4O.C7H7NO2.C4H9NO.CH4.H2/c34-33(35,36)28-20-26(29-21-30-27(12-7-15-37-30)32(38-29)39-16-18-41-19-17-39)13-14-31(28)40(22-24-8-3-1-4-9-24)23-25-10-5-2-6-11-25;30-28-23-12-7-15-34-26(23)17-25(35-28)22-13-14-27(24(16-22)29(31,32)33)36(18-20-8-3-1-4-9-20)19-21-10-5-2-6-11-21;23-22(24,25)20-13-19(14-26)11-12-21(20)27(15-17-7-3-1-4-8-17)16-18-9-5-2-6-10-18;20-19(21,22)14-10-12(3-4-15(14)23)16-11-17-13(2-1-5-24-17)18(25-16)26-6-8-27-9-7-26;1-5-6(7(9)10)3-2-4-8-5;1-3-6-4-2-5-1;;/h1-15,20-21H,16-19,22-23H2;1-17H,18-19H2;1-13H,15-16H2;1-5,10-11H,6-9,23H2;2-4H,1H3,(H,9,10);5H,1-4H2;1H4;1H/i;;;;;;;1+1. The molecule has 4 N–H and O–H groups in total. The molecule has 20 nitrogen and oxygen atoms in total. The van der Waals surface area contributed by atoms with Gasteiger partial charge in [0.25, 0.3) is 0 Å². The number of nitrogens with zero attached hydrogens (tertiary/aromatic N) is 13. The van der Waals surface area contributed by atoms with E-state index in [4.69, 9.17) is 46.9 Å². The minimum atomic E-state index is -4.57. The number of halogens is 13. The smallest absolute Gasteiger partial charge is 0.418 e. The fraction of sp³-hybridized carbons (Fsp3) is 0.209. The summed E-state index contributed by atoms with van der Waals surface area (Å²) >= 11 is 6.32. The fourth-order valence-electron chi connectivity index (χ4n) is 16.8. The Labute approximate surface area is 854 Å². The minimum Gasteiger partial charge on any atom is -0.478 e. The first kappa shape index (κ1) is 108. The lowest BCUT2D eigenvalue weighted by Crippen LogP contribution is -2.37. The number of nitrogen functional groups attached to an aromatic ring is 1. The predicted octanol–water partition coefficient (Wildman–Crippen LogP) is 26.6. The van der Waals surface area contributed by atoms with Gasteiger partial charge in [-0.1, -0.05) is 219 Å². The van der Waals surface area contributed by atoms with Crippen LogP contribution in [0.25, 0.3) is 66.5 Å². The van der Waals surface area contributed by atoms with Crippen molar-refractivity contribution in [2.24, 2.45) is 0 Å². The normalized spacial score (nSPS) is 13.1. The van der Waals surface area contributed by atoms with Crippen LogP contribution in [0.3, 0.4) is 0 Å². The summed E-state index contributed by atoms with van der Waals surface area (Å²) in [6.07, 6.45) is -11.7. The highest BCUT2D eigenvalue weighted by Crippen LogP contribution is 2.46. The third-order valence-electron chi connectivity index (χ3n) is 24.0. The molecule has 17 aromatic rings. The number of nitriles is 1. The molecule has 3 fully saturated rings. The third-order valence-corrected chi connectivity index (χ3v) is 24.3. The number of aromatic nitrogens is 7. The molecular formula is C115H106ClF12N15O5. The number of hydrogen-bond donors (Lipinski definition) is 3. The van der Waals surface area contributed by atoms with Crippen molar-refractivity contribution in [1.82, 2.24) is 40.2 Å². The molecule has 3 aliphatic heterocycles. The second kappa shape index (κ2) is 50.7. The van der Waals surface area contributed by atoms with Crippen LogP contribution in [0.4, 0.5) is 87.1 Å². The molecule has 0 saturated carbocycles. The van der Waals surface area contributed by atoms with E-state index in [-0.39, 0.29) is 47.9 Å². The summed E-state index contributed by atoms with van der Waals surface area (Å²) in [6, 6.07) is 94.2. The Kier molecular flexibility index (Phi) is 37.0. The number of anilines is 6. The van der Waals surface area contributed by atoms with Gasteiger partial charge in [0.05, 0.1) is 118 Å². The van der Waals surface area contributed by atoms with Gasteiger partial charge in [-0.3, -0.25) is 19.9 Å². The van der Waals surface area contributed by atoms with Gasteiger partial charge in [-0.2, -0.15) is 57.9 Å². The van der Waals surface area contributed by atoms with Crippen LogP contribution in [0.15, 0.2) is 346 Å². The molecule has 0 radical (unpaired) electrons. The van der Waals surface area contributed by atoms with E-state index in [1.807, 2.05) is 206 Å². The summed E-state index contributed by atoms with van der Waals surface area (Å²) in [5, 5.41) is 23.2. The first-order chi connectivity index (χ1) is 71.0. The average molecular weight is 2040 g/mol. The summed E-state index contributed by atoms with van der Waals surface area (Å²) in [5.74, 6) is 0.483. The molecule has 148 heavy (non-hydrogen) atoms. The number of ether oxygens (including phenoxy) is 3. The van der Waals surface area contributed by atoms with Crippen molar-refractivity contribution in [1.29, 1.82) is 5.26 Å². The number of hydrogen-bond acceptors (Lipinski definition) is 19. The van der Waals surface area contributed by atoms with E-state index in [1.165, 1.54) is 36.4 Å². The molecule has 0 atom stereocenters. The second-order valence-corrected chi connectivity index (χ2v) is 34.6. The largest absolute Gasteiger partial charge is 0.478 e. The lowest BCUT2D eigenvalue weighted by Gasteiger charge is -2.30. The monoisotopic (exact) mass is 2040 g/mol. The number of nitrogens with two attached hydrogens (primary N) is 1. The van der Waals surface area contributed by atoms with Crippen molar-refractivity contribution in [3.05, 3.63) is 424 Å². The van der Waals surface area contributed by atoms with Crippen LogP contribution in [0.5, 0.6) is 0 Å². The van der Waals surface area contributed by atoms with E-state index < -0.39 is 52.9 Å². The first-order valence-electron chi connectivity index (χ1n) is 47.0. The van der Waals surface area contributed by atoms with Gasteiger partial charge < -0.3 is 54.9 Å². The molecule has 33 heteroatoms. The van der Waals surface area contributed by atoms with E-state index in [2.05, 4.69) is 45.0 Å². The maximum Gasteiger partial charge on any atom is 0.418 e. The van der Waals surface area contributed by atoms with Crippen LogP contribution in [0.1, 0.15) is 86.1 Å². The number of pyridine rings is 7. The van der Waals surface area contributed by atoms with Crippen LogP contribution < -0.4 is 35.6 Å². The molecule has 7 aromatic heterocycles. The molecule has 10 aromatic carbocycles. The highest BCUT2D eigenvalue weighted by atomic mass is 35.5. The molecule has 0 aliphatic carbocycles. The number of carboxylic acids is 1. The second-order valence-electron chi connectivity index (χ2n) is 34.3. The molecule has 3 saturated heterocycles. The van der Waals surface area contributed by atoms with Crippen molar-refractivity contribution >= 4 is 84.7 Å². The van der Waals surface area contributed by atoms with Gasteiger partial charge in [-0.25, -0.2) is 19.7 Å². The molecular weight excluding hydrogens is 1930 g/mol. The van der Waals surface area contributed by atoms with Crippen LogP contribution in [-0.2, 0) is 78.2 Å². The topological polar surface area (TPSA) is 233 Å². The van der Waals surface area contributed by atoms with Crippen molar-refractivity contribution < 1.29 is 78.2 Å². The van der Waals surface area contributed by atoms with E-state index in [1.54, 1.807) is 113 Å². The van der Waals surface area contributed by atoms with Crippen LogP contribution in [0, 0.1) is 18.3 Å². The van der Waals surface area contributed by atoms with Gasteiger partial charge in [-0.05, 0) is 162 Å². The summed E-state index contributed by atoms with van der Waals surface area (Å²) in [5.41, 5.74) is 12.9. The molecule has 20 rings (SSSR count). The number of alkyl halides is 12. The number of carboxylic acid groups (broad SMARTS) is 1. The van der Waals surface area contributed by atoms with Crippen LogP contribution >= 0.6 is 11.6 Å². The Balaban J connectivity index is 0.000000158. The first-order valence-corrected chi connectivity index (χ1v) is 47.4.